The van der Waals surface area contributed by atoms with Gasteiger partial charge in [0.15, 0.2) is 0 Å². The second kappa shape index (κ2) is 7.14. The summed E-state index contributed by atoms with van der Waals surface area (Å²) in [6.45, 7) is 1.68. The molecule has 88 valence electrons. The van der Waals surface area contributed by atoms with Gasteiger partial charge in [-0.3, -0.25) is 4.79 Å². The number of amides is 1. The van der Waals surface area contributed by atoms with Gasteiger partial charge in [0.1, 0.15) is 5.76 Å². The second-order valence-corrected chi connectivity index (χ2v) is 4.18. The van der Waals surface area contributed by atoms with Crippen molar-refractivity contribution in [1.29, 1.82) is 0 Å². The molecule has 0 saturated heterocycles. The van der Waals surface area contributed by atoms with Crippen LogP contribution in [0.3, 0.4) is 0 Å². The SMILES string of the molecule is CC(CO)NC(=O)/C=C/SCc1ccco1. The maximum Gasteiger partial charge on any atom is 0.244 e. The molecule has 5 heteroatoms. The van der Waals surface area contributed by atoms with Crippen molar-refractivity contribution in [2.24, 2.45) is 0 Å². The number of nitrogens with one attached hydrogen (secondary N) is 1. The van der Waals surface area contributed by atoms with E-state index in [2.05, 4.69) is 5.32 Å². The van der Waals surface area contributed by atoms with Gasteiger partial charge in [0.25, 0.3) is 0 Å². The Morgan fingerprint density at radius 3 is 3.19 bits per heavy atom. The molecule has 4 nitrogen and oxygen atoms in total. The van der Waals surface area contributed by atoms with Crippen LogP contribution >= 0.6 is 11.8 Å². The van der Waals surface area contributed by atoms with Gasteiger partial charge in [-0.25, -0.2) is 0 Å². The zero-order valence-electron chi connectivity index (χ0n) is 9.05. The van der Waals surface area contributed by atoms with E-state index in [0.29, 0.717) is 5.75 Å². The van der Waals surface area contributed by atoms with Crippen molar-refractivity contribution < 1.29 is 14.3 Å². The van der Waals surface area contributed by atoms with E-state index < -0.39 is 0 Å². The lowest BCUT2D eigenvalue weighted by atomic mass is 10.3. The summed E-state index contributed by atoms with van der Waals surface area (Å²) in [6, 6.07) is 3.50. The number of carbonyl (C=O) groups excluding carboxylic acids is 1. The zero-order valence-corrected chi connectivity index (χ0v) is 9.87. The van der Waals surface area contributed by atoms with E-state index >= 15 is 0 Å². The average Bonchev–Trinajstić information content (AvgIpc) is 2.77. The highest BCUT2D eigenvalue weighted by molar-refractivity contribution is 8.01. The van der Waals surface area contributed by atoms with Crippen LogP contribution in [0.4, 0.5) is 0 Å². The number of rotatable bonds is 6. The molecule has 0 spiro atoms. The minimum atomic E-state index is -0.216. The molecule has 1 amide bonds. The molecule has 0 aliphatic carbocycles. The summed E-state index contributed by atoms with van der Waals surface area (Å²) >= 11 is 1.48. The van der Waals surface area contributed by atoms with E-state index in [1.165, 1.54) is 17.8 Å². The fraction of sp³-hybridized carbons (Fsp3) is 0.364. The number of carbonyl (C=O) groups is 1. The number of aliphatic hydroxyl groups is 1. The lowest BCUT2D eigenvalue weighted by molar-refractivity contribution is -0.117. The van der Waals surface area contributed by atoms with Crippen LogP contribution < -0.4 is 5.32 Å². The average molecular weight is 241 g/mol. The van der Waals surface area contributed by atoms with E-state index in [-0.39, 0.29) is 18.6 Å². The molecule has 0 saturated carbocycles. The third kappa shape index (κ3) is 5.04. The highest BCUT2D eigenvalue weighted by Gasteiger charge is 2.01. The molecule has 0 aliphatic heterocycles. The van der Waals surface area contributed by atoms with Crippen molar-refractivity contribution in [2.75, 3.05) is 6.61 Å². The number of furan rings is 1. The Hall–Kier alpha value is -1.20. The standard InChI is InChI=1S/C11H15NO3S/c1-9(7-13)12-11(14)4-6-16-8-10-3-2-5-15-10/h2-6,9,13H,7-8H2,1H3,(H,12,14)/b6-4+. The van der Waals surface area contributed by atoms with Crippen molar-refractivity contribution in [2.45, 2.75) is 18.7 Å². The Morgan fingerprint density at radius 1 is 1.75 bits per heavy atom. The summed E-state index contributed by atoms with van der Waals surface area (Å²) < 4.78 is 5.13. The minimum Gasteiger partial charge on any atom is -0.468 e. The summed E-state index contributed by atoms with van der Waals surface area (Å²) in [5.41, 5.74) is 0. The fourth-order valence-corrected chi connectivity index (χ4v) is 1.62. The van der Waals surface area contributed by atoms with Crippen molar-refractivity contribution in [3.8, 4) is 0 Å². The van der Waals surface area contributed by atoms with E-state index in [1.54, 1.807) is 18.6 Å². The topological polar surface area (TPSA) is 62.5 Å². The first-order valence-electron chi connectivity index (χ1n) is 4.94. The minimum absolute atomic E-state index is 0.0564. The molecular formula is C11H15NO3S. The monoisotopic (exact) mass is 241 g/mol. The first-order chi connectivity index (χ1) is 7.72. The number of hydrogen-bond donors (Lipinski definition) is 2. The van der Waals surface area contributed by atoms with Gasteiger partial charge in [0.2, 0.25) is 5.91 Å². The Balaban J connectivity index is 2.19. The summed E-state index contributed by atoms with van der Waals surface area (Å²) in [5.74, 6) is 1.37. The van der Waals surface area contributed by atoms with Gasteiger partial charge < -0.3 is 14.8 Å². The molecule has 0 fully saturated rings. The van der Waals surface area contributed by atoms with Crippen LogP contribution in [0.15, 0.2) is 34.3 Å². The maximum absolute atomic E-state index is 11.2. The number of aliphatic hydroxyl groups excluding tert-OH is 1. The molecule has 1 unspecified atom stereocenters. The largest absolute Gasteiger partial charge is 0.468 e. The molecular weight excluding hydrogens is 226 g/mol. The third-order valence-electron chi connectivity index (χ3n) is 1.78. The Bertz CT molecular complexity index is 335. The number of hydrogen-bond acceptors (Lipinski definition) is 4. The lowest BCUT2D eigenvalue weighted by Gasteiger charge is -2.07. The molecule has 1 aromatic rings. The molecule has 0 radical (unpaired) electrons. The van der Waals surface area contributed by atoms with Crippen LogP contribution in [0.1, 0.15) is 12.7 Å². The highest BCUT2D eigenvalue weighted by Crippen LogP contribution is 2.12. The normalized spacial score (nSPS) is 12.9. The van der Waals surface area contributed by atoms with Gasteiger partial charge in [0.05, 0.1) is 18.6 Å². The van der Waals surface area contributed by atoms with Crippen LogP contribution in [-0.4, -0.2) is 23.7 Å². The van der Waals surface area contributed by atoms with Crippen LogP contribution in [0.5, 0.6) is 0 Å². The Labute approximate surface area is 98.7 Å². The Morgan fingerprint density at radius 2 is 2.56 bits per heavy atom. The van der Waals surface area contributed by atoms with E-state index in [4.69, 9.17) is 9.52 Å². The molecule has 0 aromatic carbocycles. The fourth-order valence-electron chi connectivity index (χ4n) is 0.971. The van der Waals surface area contributed by atoms with Crippen LogP contribution in [-0.2, 0) is 10.5 Å². The first kappa shape index (κ1) is 12.9. The molecule has 1 atom stereocenters. The van der Waals surface area contributed by atoms with E-state index in [1.807, 2.05) is 12.1 Å². The second-order valence-electron chi connectivity index (χ2n) is 3.29. The quantitative estimate of drug-likeness (QED) is 0.741. The van der Waals surface area contributed by atoms with Crippen molar-refractivity contribution >= 4 is 17.7 Å². The summed E-state index contributed by atoms with van der Waals surface area (Å²) in [6.07, 6.45) is 3.06. The number of thioether (sulfide) groups is 1. The Kier molecular flexibility index (Phi) is 5.74. The van der Waals surface area contributed by atoms with Gasteiger partial charge in [-0.15, -0.1) is 11.8 Å². The molecule has 1 aromatic heterocycles. The van der Waals surface area contributed by atoms with Crippen molar-refractivity contribution in [3.05, 3.63) is 35.6 Å². The molecule has 0 aliphatic rings. The summed E-state index contributed by atoms with van der Waals surface area (Å²) in [7, 11) is 0. The van der Waals surface area contributed by atoms with Gasteiger partial charge in [-0.05, 0) is 24.5 Å². The molecule has 0 bridgehead atoms. The summed E-state index contributed by atoms with van der Waals surface area (Å²) in [5, 5.41) is 13.0. The van der Waals surface area contributed by atoms with Crippen LogP contribution in [0, 0.1) is 0 Å². The summed E-state index contributed by atoms with van der Waals surface area (Å²) in [4.78, 5) is 11.2. The highest BCUT2D eigenvalue weighted by atomic mass is 32.2. The zero-order chi connectivity index (χ0) is 11.8. The van der Waals surface area contributed by atoms with Crippen molar-refractivity contribution in [1.82, 2.24) is 5.32 Å². The predicted molar refractivity (Wildman–Crippen MR) is 63.8 cm³/mol. The molecule has 1 rings (SSSR count). The first-order valence-corrected chi connectivity index (χ1v) is 5.99. The lowest BCUT2D eigenvalue weighted by Crippen LogP contribution is -2.33. The maximum atomic E-state index is 11.2. The molecule has 16 heavy (non-hydrogen) atoms. The smallest absolute Gasteiger partial charge is 0.244 e. The van der Waals surface area contributed by atoms with Crippen molar-refractivity contribution in [3.63, 3.8) is 0 Å². The van der Waals surface area contributed by atoms with E-state index in [0.717, 1.165) is 5.76 Å². The van der Waals surface area contributed by atoms with Gasteiger partial charge in [-0.1, -0.05) is 0 Å². The van der Waals surface area contributed by atoms with Gasteiger partial charge in [0, 0.05) is 12.1 Å². The van der Waals surface area contributed by atoms with Crippen LogP contribution in [0.2, 0.25) is 0 Å². The molecule has 2 N–H and O–H groups in total. The van der Waals surface area contributed by atoms with Crippen LogP contribution in [0.25, 0.3) is 0 Å². The molecule has 1 heterocycles. The van der Waals surface area contributed by atoms with E-state index in [9.17, 15) is 4.79 Å². The van der Waals surface area contributed by atoms with Gasteiger partial charge >= 0.3 is 0 Å². The predicted octanol–water partition coefficient (Wildman–Crippen LogP) is 1.52. The van der Waals surface area contributed by atoms with Gasteiger partial charge in [-0.2, -0.15) is 0 Å². The third-order valence-corrected chi connectivity index (χ3v) is 2.56.